The SMILES string of the molecule is CC(=O)OCCCCCCCSC(C)=O. The van der Waals surface area contributed by atoms with E-state index in [4.69, 9.17) is 4.74 Å². The summed E-state index contributed by atoms with van der Waals surface area (Å²) in [6, 6.07) is 0. The van der Waals surface area contributed by atoms with Crippen LogP contribution in [-0.4, -0.2) is 23.4 Å². The molecule has 0 aromatic rings. The second kappa shape index (κ2) is 10.0. The second-order valence-corrected chi connectivity index (χ2v) is 4.72. The van der Waals surface area contributed by atoms with Crippen LogP contribution in [0.2, 0.25) is 0 Å². The molecule has 0 bridgehead atoms. The highest BCUT2D eigenvalue weighted by atomic mass is 32.2. The van der Waals surface area contributed by atoms with Gasteiger partial charge in [-0.15, -0.1) is 0 Å². The Morgan fingerprint density at radius 3 is 2.20 bits per heavy atom. The topological polar surface area (TPSA) is 43.4 Å². The van der Waals surface area contributed by atoms with Gasteiger partial charge in [0.2, 0.25) is 0 Å². The van der Waals surface area contributed by atoms with E-state index in [9.17, 15) is 9.59 Å². The summed E-state index contributed by atoms with van der Waals surface area (Å²) in [6.45, 7) is 3.57. The summed E-state index contributed by atoms with van der Waals surface area (Å²) in [7, 11) is 0. The first-order chi connectivity index (χ1) is 7.13. The normalized spacial score (nSPS) is 10.0. The third kappa shape index (κ3) is 13.5. The minimum Gasteiger partial charge on any atom is -0.466 e. The minimum absolute atomic E-state index is 0.199. The highest BCUT2D eigenvalue weighted by Gasteiger charge is 1.95. The van der Waals surface area contributed by atoms with Crippen molar-refractivity contribution in [3.05, 3.63) is 0 Å². The number of rotatable bonds is 8. The average Bonchev–Trinajstić information content (AvgIpc) is 2.14. The van der Waals surface area contributed by atoms with Crippen LogP contribution in [0.4, 0.5) is 0 Å². The fourth-order valence-electron chi connectivity index (χ4n) is 1.17. The summed E-state index contributed by atoms with van der Waals surface area (Å²) < 4.78 is 4.81. The van der Waals surface area contributed by atoms with Gasteiger partial charge in [0.05, 0.1) is 6.61 Å². The maximum Gasteiger partial charge on any atom is 0.302 e. The first-order valence-electron chi connectivity index (χ1n) is 5.39. The van der Waals surface area contributed by atoms with Crippen LogP contribution in [0.5, 0.6) is 0 Å². The largest absolute Gasteiger partial charge is 0.466 e. The Morgan fingerprint density at radius 1 is 1.00 bits per heavy atom. The van der Waals surface area contributed by atoms with E-state index in [-0.39, 0.29) is 11.1 Å². The van der Waals surface area contributed by atoms with Crippen molar-refractivity contribution in [2.75, 3.05) is 12.4 Å². The van der Waals surface area contributed by atoms with Crippen molar-refractivity contribution in [1.82, 2.24) is 0 Å². The first kappa shape index (κ1) is 14.5. The van der Waals surface area contributed by atoms with E-state index in [0.29, 0.717) is 6.61 Å². The highest BCUT2D eigenvalue weighted by molar-refractivity contribution is 8.13. The van der Waals surface area contributed by atoms with Gasteiger partial charge in [-0.3, -0.25) is 9.59 Å². The van der Waals surface area contributed by atoms with Gasteiger partial charge in [0.1, 0.15) is 0 Å². The molecule has 0 aliphatic heterocycles. The maximum absolute atomic E-state index is 10.6. The molecule has 88 valence electrons. The standard InChI is InChI=1S/C11H20O3S/c1-10(12)14-8-6-4-3-5-7-9-15-11(2)13/h3-9H2,1-2H3. The van der Waals surface area contributed by atoms with Crippen molar-refractivity contribution in [1.29, 1.82) is 0 Å². The van der Waals surface area contributed by atoms with Gasteiger partial charge in [0.25, 0.3) is 0 Å². The van der Waals surface area contributed by atoms with E-state index >= 15 is 0 Å². The van der Waals surface area contributed by atoms with Crippen LogP contribution in [0.25, 0.3) is 0 Å². The fourth-order valence-corrected chi connectivity index (χ4v) is 1.80. The molecule has 0 aromatic carbocycles. The van der Waals surface area contributed by atoms with E-state index in [0.717, 1.165) is 37.9 Å². The molecule has 0 aromatic heterocycles. The number of hydrogen-bond donors (Lipinski definition) is 0. The van der Waals surface area contributed by atoms with Crippen molar-refractivity contribution in [2.45, 2.75) is 46.0 Å². The lowest BCUT2D eigenvalue weighted by atomic mass is 10.2. The van der Waals surface area contributed by atoms with E-state index < -0.39 is 0 Å². The number of carbonyl (C=O) groups excluding carboxylic acids is 2. The lowest BCUT2D eigenvalue weighted by molar-refractivity contribution is -0.141. The molecule has 0 atom stereocenters. The summed E-state index contributed by atoms with van der Waals surface area (Å²) in [5, 5.41) is 0.199. The van der Waals surface area contributed by atoms with Crippen LogP contribution in [0.3, 0.4) is 0 Å². The molecule has 0 aliphatic carbocycles. The quantitative estimate of drug-likeness (QED) is 0.477. The van der Waals surface area contributed by atoms with E-state index in [2.05, 4.69) is 0 Å². The van der Waals surface area contributed by atoms with Crippen LogP contribution in [0.1, 0.15) is 46.0 Å². The van der Waals surface area contributed by atoms with Gasteiger partial charge in [-0.1, -0.05) is 31.0 Å². The molecule has 0 N–H and O–H groups in total. The maximum atomic E-state index is 10.6. The monoisotopic (exact) mass is 232 g/mol. The molecule has 0 saturated carbocycles. The molecule has 0 amide bonds. The third-order valence-corrected chi connectivity index (χ3v) is 2.80. The van der Waals surface area contributed by atoms with Gasteiger partial charge in [0, 0.05) is 19.6 Å². The van der Waals surface area contributed by atoms with Crippen molar-refractivity contribution in [3.8, 4) is 0 Å². The van der Waals surface area contributed by atoms with Crippen molar-refractivity contribution in [2.24, 2.45) is 0 Å². The Balaban J connectivity index is 2.99. The molecule has 0 aliphatic rings. The number of esters is 1. The first-order valence-corrected chi connectivity index (χ1v) is 6.38. The predicted octanol–water partition coefficient (Wildman–Crippen LogP) is 2.78. The van der Waals surface area contributed by atoms with Crippen molar-refractivity contribution in [3.63, 3.8) is 0 Å². The van der Waals surface area contributed by atoms with Gasteiger partial charge < -0.3 is 4.74 Å². The number of ether oxygens (including phenoxy) is 1. The van der Waals surface area contributed by atoms with Crippen LogP contribution in [-0.2, 0) is 14.3 Å². The van der Waals surface area contributed by atoms with Crippen molar-refractivity contribution < 1.29 is 14.3 Å². The zero-order valence-electron chi connectivity index (χ0n) is 9.58. The van der Waals surface area contributed by atoms with E-state index in [1.807, 2.05) is 0 Å². The molecule has 3 nitrogen and oxygen atoms in total. The van der Waals surface area contributed by atoms with Crippen LogP contribution in [0.15, 0.2) is 0 Å². The second-order valence-electron chi connectivity index (χ2n) is 3.45. The molecule has 0 saturated heterocycles. The van der Waals surface area contributed by atoms with E-state index in [1.54, 1.807) is 6.92 Å². The zero-order valence-corrected chi connectivity index (χ0v) is 10.4. The van der Waals surface area contributed by atoms with Crippen molar-refractivity contribution >= 4 is 22.8 Å². The van der Waals surface area contributed by atoms with Gasteiger partial charge in [-0.05, 0) is 12.8 Å². The van der Waals surface area contributed by atoms with Crippen LogP contribution < -0.4 is 0 Å². The van der Waals surface area contributed by atoms with Crippen LogP contribution >= 0.6 is 11.8 Å². The Kier molecular flexibility index (Phi) is 9.68. The third-order valence-electron chi connectivity index (χ3n) is 1.90. The summed E-state index contributed by atoms with van der Waals surface area (Å²) in [6.07, 6.45) is 5.44. The smallest absolute Gasteiger partial charge is 0.302 e. The number of thioether (sulfide) groups is 1. The molecular formula is C11H20O3S. The van der Waals surface area contributed by atoms with Gasteiger partial charge in [0.15, 0.2) is 5.12 Å². The Bertz CT molecular complexity index is 172. The molecule has 0 radical (unpaired) electrons. The summed E-state index contributed by atoms with van der Waals surface area (Å²) in [5.74, 6) is 0.729. The minimum atomic E-state index is -0.201. The lowest BCUT2D eigenvalue weighted by Gasteiger charge is -2.01. The number of carbonyl (C=O) groups is 2. The molecule has 15 heavy (non-hydrogen) atoms. The summed E-state index contributed by atoms with van der Waals surface area (Å²) >= 11 is 1.40. The Morgan fingerprint density at radius 2 is 1.60 bits per heavy atom. The van der Waals surface area contributed by atoms with Crippen LogP contribution in [0, 0.1) is 0 Å². The number of hydrogen-bond acceptors (Lipinski definition) is 4. The van der Waals surface area contributed by atoms with Gasteiger partial charge in [-0.2, -0.15) is 0 Å². The number of unbranched alkanes of at least 4 members (excludes halogenated alkanes) is 4. The fraction of sp³-hybridized carbons (Fsp3) is 0.818. The molecule has 0 unspecified atom stereocenters. The summed E-state index contributed by atoms with van der Waals surface area (Å²) in [5.41, 5.74) is 0. The predicted molar refractivity (Wildman–Crippen MR) is 62.9 cm³/mol. The molecular weight excluding hydrogens is 212 g/mol. The highest BCUT2D eigenvalue weighted by Crippen LogP contribution is 2.09. The molecule has 0 rings (SSSR count). The Hall–Kier alpha value is -0.510. The molecule has 4 heteroatoms. The lowest BCUT2D eigenvalue weighted by Crippen LogP contribution is -2.00. The molecule has 0 heterocycles. The van der Waals surface area contributed by atoms with Gasteiger partial charge in [-0.25, -0.2) is 0 Å². The van der Waals surface area contributed by atoms with E-state index in [1.165, 1.54) is 18.7 Å². The zero-order chi connectivity index (χ0) is 11.5. The van der Waals surface area contributed by atoms with Gasteiger partial charge >= 0.3 is 5.97 Å². The molecule has 0 fully saturated rings. The molecule has 0 spiro atoms. The average molecular weight is 232 g/mol. The summed E-state index contributed by atoms with van der Waals surface area (Å²) in [4.78, 5) is 21.0. The Labute approximate surface area is 95.9 Å².